The Labute approximate surface area is 122 Å². The maximum atomic E-state index is 10.9. The highest BCUT2D eigenvalue weighted by Gasteiger charge is 2.10. The Morgan fingerprint density at radius 2 is 1.80 bits per heavy atom. The van der Waals surface area contributed by atoms with Crippen LogP contribution in [0.3, 0.4) is 0 Å². The molecule has 0 fully saturated rings. The Hall–Kier alpha value is -2.00. The first kappa shape index (κ1) is 13.0. The highest BCUT2D eigenvalue weighted by Crippen LogP contribution is 2.37. The van der Waals surface area contributed by atoms with Gasteiger partial charge in [0.25, 0.3) is 0 Å². The van der Waals surface area contributed by atoms with Crippen LogP contribution in [0.2, 0.25) is 0 Å². The molecule has 1 aliphatic heterocycles. The van der Waals surface area contributed by atoms with Crippen molar-refractivity contribution in [3.05, 3.63) is 59.2 Å². The van der Waals surface area contributed by atoms with Crippen molar-refractivity contribution in [2.45, 2.75) is 23.3 Å². The Morgan fingerprint density at radius 3 is 2.60 bits per heavy atom. The molecule has 0 N–H and O–H groups in total. The highest BCUT2D eigenvalue weighted by atomic mass is 32.2. The summed E-state index contributed by atoms with van der Waals surface area (Å²) in [5, 5.41) is 0. The van der Waals surface area contributed by atoms with Crippen molar-refractivity contribution in [2.24, 2.45) is 0 Å². The molecule has 0 aromatic heterocycles. The van der Waals surface area contributed by atoms with Gasteiger partial charge < -0.3 is 4.74 Å². The van der Waals surface area contributed by atoms with Crippen LogP contribution >= 0.6 is 11.8 Å². The van der Waals surface area contributed by atoms with E-state index in [1.165, 1.54) is 27.8 Å². The second-order valence-corrected chi connectivity index (χ2v) is 5.71. The number of carbonyl (C=O) groups excluding carboxylic acids is 1. The van der Waals surface area contributed by atoms with Crippen molar-refractivity contribution in [1.82, 2.24) is 0 Å². The van der Waals surface area contributed by atoms with Gasteiger partial charge in [-0.1, -0.05) is 54.2 Å². The topological polar surface area (TPSA) is 26.3 Å². The van der Waals surface area contributed by atoms with Crippen molar-refractivity contribution in [3.63, 3.8) is 0 Å². The molecule has 2 nitrogen and oxygen atoms in total. The predicted molar refractivity (Wildman–Crippen MR) is 81.4 cm³/mol. The maximum Gasteiger partial charge on any atom is 0.302 e. The van der Waals surface area contributed by atoms with Gasteiger partial charge in [0.1, 0.15) is 6.61 Å². The van der Waals surface area contributed by atoms with Gasteiger partial charge in [0.05, 0.1) is 0 Å². The van der Waals surface area contributed by atoms with E-state index in [1.807, 2.05) is 18.2 Å². The van der Waals surface area contributed by atoms with E-state index in [0.717, 1.165) is 5.56 Å². The van der Waals surface area contributed by atoms with Crippen LogP contribution in [0.1, 0.15) is 23.6 Å². The number of fused-ring (bicyclic) bond motifs is 2. The SMILES string of the molecule is CC(=O)OCc1ccc2c(c1)Sc1ccccc1C=C2. The van der Waals surface area contributed by atoms with Crippen LogP contribution in [0.25, 0.3) is 12.2 Å². The summed E-state index contributed by atoms with van der Waals surface area (Å²) >= 11 is 1.75. The molecule has 0 saturated heterocycles. The Morgan fingerprint density at radius 1 is 1.05 bits per heavy atom. The monoisotopic (exact) mass is 282 g/mol. The summed E-state index contributed by atoms with van der Waals surface area (Å²) in [6.07, 6.45) is 4.27. The van der Waals surface area contributed by atoms with Gasteiger partial charge in [0.2, 0.25) is 0 Å². The first-order valence-electron chi connectivity index (χ1n) is 6.43. The van der Waals surface area contributed by atoms with E-state index in [4.69, 9.17) is 4.74 Å². The van der Waals surface area contributed by atoms with Crippen LogP contribution in [0.15, 0.2) is 52.3 Å². The molecule has 0 spiro atoms. The third-order valence-corrected chi connectivity index (χ3v) is 4.27. The number of benzene rings is 2. The third-order valence-electron chi connectivity index (χ3n) is 3.10. The van der Waals surface area contributed by atoms with Crippen LogP contribution < -0.4 is 0 Å². The summed E-state index contributed by atoms with van der Waals surface area (Å²) in [5.74, 6) is -0.252. The highest BCUT2D eigenvalue weighted by molar-refractivity contribution is 7.99. The number of hydrogen-bond donors (Lipinski definition) is 0. The van der Waals surface area contributed by atoms with Gasteiger partial charge in [-0.2, -0.15) is 0 Å². The summed E-state index contributed by atoms with van der Waals surface area (Å²) in [6, 6.07) is 14.5. The summed E-state index contributed by atoms with van der Waals surface area (Å²) in [6.45, 7) is 1.76. The lowest BCUT2D eigenvalue weighted by Crippen LogP contribution is -1.99. The minimum Gasteiger partial charge on any atom is -0.461 e. The molecule has 2 aromatic carbocycles. The van der Waals surface area contributed by atoms with Gasteiger partial charge in [-0.3, -0.25) is 4.79 Å². The standard InChI is InChI=1S/C17H14O2S/c1-12(18)19-11-13-6-7-15-9-8-14-4-2-3-5-16(14)20-17(15)10-13/h2-10H,11H2,1H3. The minimum atomic E-state index is -0.252. The summed E-state index contributed by atoms with van der Waals surface area (Å²) in [5.41, 5.74) is 3.44. The lowest BCUT2D eigenvalue weighted by atomic mass is 10.1. The van der Waals surface area contributed by atoms with Crippen molar-refractivity contribution < 1.29 is 9.53 Å². The van der Waals surface area contributed by atoms with Crippen LogP contribution in [-0.4, -0.2) is 5.97 Å². The van der Waals surface area contributed by atoms with Crippen molar-refractivity contribution in [1.29, 1.82) is 0 Å². The zero-order chi connectivity index (χ0) is 13.9. The molecule has 0 unspecified atom stereocenters. The van der Waals surface area contributed by atoms with E-state index >= 15 is 0 Å². The van der Waals surface area contributed by atoms with Crippen molar-refractivity contribution in [3.8, 4) is 0 Å². The second kappa shape index (κ2) is 5.55. The van der Waals surface area contributed by atoms with Gasteiger partial charge >= 0.3 is 5.97 Å². The molecule has 1 aliphatic rings. The predicted octanol–water partition coefficient (Wildman–Crippen LogP) is 4.38. The van der Waals surface area contributed by atoms with E-state index < -0.39 is 0 Å². The molecule has 2 aromatic rings. The van der Waals surface area contributed by atoms with Gasteiger partial charge in [-0.15, -0.1) is 0 Å². The lowest BCUT2D eigenvalue weighted by Gasteiger charge is -2.08. The average Bonchev–Trinajstić information content (AvgIpc) is 2.63. The normalized spacial score (nSPS) is 12.2. The minimum absolute atomic E-state index is 0.252. The third kappa shape index (κ3) is 2.78. The lowest BCUT2D eigenvalue weighted by molar-refractivity contribution is -0.142. The Kier molecular flexibility index (Phi) is 3.61. The molecule has 1 heterocycles. The van der Waals surface area contributed by atoms with E-state index in [2.05, 4.69) is 36.4 Å². The smallest absolute Gasteiger partial charge is 0.302 e. The summed E-state index contributed by atoms with van der Waals surface area (Å²) < 4.78 is 5.05. The first-order valence-corrected chi connectivity index (χ1v) is 7.25. The number of hydrogen-bond acceptors (Lipinski definition) is 3. The van der Waals surface area contributed by atoms with Gasteiger partial charge in [-0.05, 0) is 28.8 Å². The molecular formula is C17H14O2S. The molecule has 100 valence electrons. The van der Waals surface area contributed by atoms with Crippen molar-refractivity contribution >= 4 is 29.9 Å². The van der Waals surface area contributed by atoms with Crippen LogP contribution in [0.5, 0.6) is 0 Å². The quantitative estimate of drug-likeness (QED) is 0.652. The number of esters is 1. The molecule has 0 saturated carbocycles. The van der Waals surface area contributed by atoms with E-state index in [1.54, 1.807) is 11.8 Å². The Balaban J connectivity index is 1.92. The first-order chi connectivity index (χ1) is 9.72. The average molecular weight is 282 g/mol. The fourth-order valence-electron chi connectivity index (χ4n) is 2.09. The molecule has 0 atom stereocenters. The number of carbonyl (C=O) groups is 1. The molecule has 0 bridgehead atoms. The van der Waals surface area contributed by atoms with E-state index in [9.17, 15) is 4.79 Å². The second-order valence-electron chi connectivity index (χ2n) is 4.63. The fourth-order valence-corrected chi connectivity index (χ4v) is 3.19. The molecule has 0 radical (unpaired) electrons. The van der Waals surface area contributed by atoms with Gasteiger partial charge in [0.15, 0.2) is 0 Å². The van der Waals surface area contributed by atoms with E-state index in [-0.39, 0.29) is 5.97 Å². The zero-order valence-corrected chi connectivity index (χ0v) is 11.9. The van der Waals surface area contributed by atoms with Gasteiger partial charge in [-0.25, -0.2) is 0 Å². The maximum absolute atomic E-state index is 10.9. The molecule has 3 heteroatoms. The largest absolute Gasteiger partial charge is 0.461 e. The van der Waals surface area contributed by atoms with Crippen LogP contribution in [0, 0.1) is 0 Å². The van der Waals surface area contributed by atoms with Crippen LogP contribution in [0.4, 0.5) is 0 Å². The fraction of sp³-hybridized carbons (Fsp3) is 0.118. The zero-order valence-electron chi connectivity index (χ0n) is 11.1. The molecule has 0 aliphatic carbocycles. The molecule has 3 rings (SSSR count). The Bertz CT molecular complexity index is 689. The summed E-state index contributed by atoms with van der Waals surface area (Å²) in [4.78, 5) is 13.3. The van der Waals surface area contributed by atoms with E-state index in [0.29, 0.717) is 6.61 Å². The van der Waals surface area contributed by atoms with Crippen LogP contribution in [-0.2, 0) is 16.1 Å². The number of rotatable bonds is 2. The molecular weight excluding hydrogens is 268 g/mol. The summed E-state index contributed by atoms with van der Waals surface area (Å²) in [7, 11) is 0. The molecule has 0 amide bonds. The molecule has 20 heavy (non-hydrogen) atoms. The van der Waals surface area contributed by atoms with Gasteiger partial charge in [0, 0.05) is 16.7 Å². The van der Waals surface area contributed by atoms with Crippen molar-refractivity contribution in [2.75, 3.05) is 0 Å². The number of ether oxygens (including phenoxy) is 1.